The van der Waals surface area contributed by atoms with Crippen LogP contribution in [0.5, 0.6) is 0 Å². The van der Waals surface area contributed by atoms with Gasteiger partial charge in [0, 0.05) is 53.8 Å². The molecule has 0 amide bonds. The van der Waals surface area contributed by atoms with Gasteiger partial charge < -0.3 is 9.42 Å². The second-order valence-corrected chi connectivity index (χ2v) is 11.1. The molecule has 2 fully saturated rings. The highest BCUT2D eigenvalue weighted by Gasteiger charge is 2.31. The van der Waals surface area contributed by atoms with Crippen molar-refractivity contribution >= 4 is 38.6 Å². The molecular formula is C20H21ClN4O3S2. The fourth-order valence-corrected chi connectivity index (χ4v) is 6.65. The van der Waals surface area contributed by atoms with E-state index in [0.717, 1.165) is 18.5 Å². The van der Waals surface area contributed by atoms with E-state index in [9.17, 15) is 8.42 Å². The van der Waals surface area contributed by atoms with Crippen molar-refractivity contribution in [1.82, 2.24) is 14.4 Å². The first-order valence-corrected chi connectivity index (χ1v) is 12.6. The summed E-state index contributed by atoms with van der Waals surface area (Å²) in [7, 11) is -3.55. The zero-order chi connectivity index (χ0) is 20.7. The highest BCUT2D eigenvalue weighted by molar-refractivity contribution is 7.91. The van der Waals surface area contributed by atoms with Gasteiger partial charge in [-0.25, -0.2) is 8.42 Å². The van der Waals surface area contributed by atoms with Crippen molar-refractivity contribution < 1.29 is 12.9 Å². The molecule has 0 unspecified atom stereocenters. The number of aromatic nitrogens is 2. The lowest BCUT2D eigenvalue weighted by Gasteiger charge is -2.35. The molecule has 158 valence electrons. The van der Waals surface area contributed by atoms with Gasteiger partial charge in [0.15, 0.2) is 0 Å². The summed E-state index contributed by atoms with van der Waals surface area (Å²) in [6.45, 7) is 2.09. The normalized spacial score (nSPS) is 18.5. The van der Waals surface area contributed by atoms with E-state index in [-0.39, 0.29) is 0 Å². The minimum atomic E-state index is -3.55. The van der Waals surface area contributed by atoms with Crippen LogP contribution in [0.1, 0.15) is 31.1 Å². The highest BCUT2D eigenvalue weighted by Crippen LogP contribution is 2.37. The molecule has 3 heterocycles. The maximum atomic E-state index is 13.1. The largest absolute Gasteiger partial charge is 0.369 e. The maximum absolute atomic E-state index is 13.1. The molecule has 2 aliphatic rings. The standard InChI is InChI=1S/C20H21ClN4O3S2/c21-16-5-2-6-17(12-16)24-7-9-25(10-8-24)30(26,27)18-11-15(13-29-18)19-22-20(28-23-19)14-3-1-4-14/h2,5-6,11-14H,1,3-4,7-10H2. The van der Waals surface area contributed by atoms with Gasteiger partial charge in [-0.1, -0.05) is 29.2 Å². The molecule has 1 aromatic carbocycles. The summed E-state index contributed by atoms with van der Waals surface area (Å²) in [4.78, 5) is 6.62. The van der Waals surface area contributed by atoms with Gasteiger partial charge in [0.25, 0.3) is 10.0 Å². The van der Waals surface area contributed by atoms with Crippen molar-refractivity contribution in [2.45, 2.75) is 29.4 Å². The van der Waals surface area contributed by atoms with Gasteiger partial charge in [0.2, 0.25) is 11.7 Å². The predicted octanol–water partition coefficient (Wildman–Crippen LogP) is 4.23. The molecule has 3 aromatic rings. The summed E-state index contributed by atoms with van der Waals surface area (Å²) in [5.41, 5.74) is 1.70. The SMILES string of the molecule is O=S(=O)(c1cc(-c2noc(C3CCC3)n2)cs1)N1CCN(c2cccc(Cl)c2)CC1. The van der Waals surface area contributed by atoms with E-state index in [2.05, 4.69) is 15.0 Å². The Kier molecular flexibility index (Phi) is 5.30. The Morgan fingerprint density at radius 1 is 1.13 bits per heavy atom. The molecule has 0 N–H and O–H groups in total. The Hall–Kier alpha value is -1.94. The molecule has 10 heteroatoms. The molecule has 1 saturated heterocycles. The lowest BCUT2D eigenvalue weighted by molar-refractivity contribution is 0.292. The lowest BCUT2D eigenvalue weighted by atomic mass is 9.85. The molecule has 7 nitrogen and oxygen atoms in total. The van der Waals surface area contributed by atoms with Crippen molar-refractivity contribution in [3.63, 3.8) is 0 Å². The monoisotopic (exact) mass is 464 g/mol. The maximum Gasteiger partial charge on any atom is 0.252 e. The smallest absolute Gasteiger partial charge is 0.252 e. The van der Waals surface area contributed by atoms with Crippen LogP contribution < -0.4 is 4.90 Å². The van der Waals surface area contributed by atoms with Crippen molar-refractivity contribution in [3.05, 3.63) is 46.6 Å². The van der Waals surface area contributed by atoms with Crippen LogP contribution in [0.2, 0.25) is 5.02 Å². The van der Waals surface area contributed by atoms with Crippen LogP contribution in [0, 0.1) is 0 Å². The second-order valence-electron chi connectivity index (χ2n) is 7.61. The summed E-state index contributed by atoms with van der Waals surface area (Å²) >= 11 is 7.28. The summed E-state index contributed by atoms with van der Waals surface area (Å²) < 4.78 is 33.5. The number of anilines is 1. The summed E-state index contributed by atoms with van der Waals surface area (Å²) in [5, 5.41) is 6.50. The highest BCUT2D eigenvalue weighted by atomic mass is 35.5. The first-order valence-electron chi connectivity index (χ1n) is 9.94. The lowest BCUT2D eigenvalue weighted by Crippen LogP contribution is -2.48. The third-order valence-electron chi connectivity index (χ3n) is 5.74. The fraction of sp³-hybridized carbons (Fsp3) is 0.400. The van der Waals surface area contributed by atoms with Crippen LogP contribution in [-0.2, 0) is 10.0 Å². The quantitative estimate of drug-likeness (QED) is 0.562. The average molecular weight is 465 g/mol. The van der Waals surface area contributed by atoms with Crippen LogP contribution >= 0.6 is 22.9 Å². The number of nitrogens with zero attached hydrogens (tertiary/aromatic N) is 4. The topological polar surface area (TPSA) is 79.5 Å². The van der Waals surface area contributed by atoms with Gasteiger partial charge in [-0.05, 0) is 37.1 Å². The number of piperazine rings is 1. The number of hydrogen-bond acceptors (Lipinski definition) is 7. The first kappa shape index (κ1) is 20.0. The third kappa shape index (κ3) is 3.75. The van der Waals surface area contributed by atoms with E-state index >= 15 is 0 Å². The predicted molar refractivity (Wildman–Crippen MR) is 117 cm³/mol. The van der Waals surface area contributed by atoms with Crippen LogP contribution in [0.3, 0.4) is 0 Å². The number of benzene rings is 1. The number of halogens is 1. The number of rotatable bonds is 5. The number of hydrogen-bond donors (Lipinski definition) is 0. The van der Waals surface area contributed by atoms with Crippen LogP contribution in [0.15, 0.2) is 44.4 Å². The summed E-state index contributed by atoms with van der Waals surface area (Å²) in [5.74, 6) is 1.47. The van der Waals surface area contributed by atoms with Crippen molar-refractivity contribution in [3.8, 4) is 11.4 Å². The zero-order valence-corrected chi connectivity index (χ0v) is 18.6. The van der Waals surface area contributed by atoms with Gasteiger partial charge in [0.05, 0.1) is 0 Å². The number of thiophene rings is 1. The van der Waals surface area contributed by atoms with Gasteiger partial charge in [0.1, 0.15) is 4.21 Å². The van der Waals surface area contributed by atoms with Gasteiger partial charge >= 0.3 is 0 Å². The Balaban J connectivity index is 1.28. The molecule has 30 heavy (non-hydrogen) atoms. The van der Waals surface area contributed by atoms with Crippen molar-refractivity contribution in [2.75, 3.05) is 31.1 Å². The van der Waals surface area contributed by atoms with E-state index in [1.54, 1.807) is 15.8 Å². The molecule has 2 aromatic heterocycles. The second kappa shape index (κ2) is 7.96. The minimum Gasteiger partial charge on any atom is -0.369 e. The minimum absolute atomic E-state index is 0.309. The fourth-order valence-electron chi connectivity index (χ4n) is 3.73. The van der Waals surface area contributed by atoms with E-state index in [4.69, 9.17) is 16.1 Å². The molecule has 0 atom stereocenters. The van der Waals surface area contributed by atoms with Crippen LogP contribution in [-0.4, -0.2) is 49.0 Å². The molecule has 0 radical (unpaired) electrons. The third-order valence-corrected chi connectivity index (χ3v) is 9.28. The zero-order valence-electron chi connectivity index (χ0n) is 16.2. The van der Waals surface area contributed by atoms with Crippen LogP contribution in [0.4, 0.5) is 5.69 Å². The Morgan fingerprint density at radius 2 is 1.93 bits per heavy atom. The average Bonchev–Trinajstić information content (AvgIpc) is 3.37. The van der Waals surface area contributed by atoms with Gasteiger partial charge in [-0.2, -0.15) is 9.29 Å². The van der Waals surface area contributed by atoms with E-state index in [1.165, 1.54) is 17.8 Å². The van der Waals surface area contributed by atoms with E-state index in [0.29, 0.717) is 58.6 Å². The molecule has 1 aliphatic carbocycles. The molecule has 1 aliphatic heterocycles. The first-order chi connectivity index (χ1) is 14.5. The van der Waals surface area contributed by atoms with Gasteiger partial charge in [-0.3, -0.25) is 0 Å². The molecule has 5 rings (SSSR count). The summed E-state index contributed by atoms with van der Waals surface area (Å²) in [6, 6.07) is 9.28. The Bertz CT molecular complexity index is 1150. The van der Waals surface area contributed by atoms with E-state index in [1.807, 2.05) is 24.3 Å². The molecule has 0 bridgehead atoms. The van der Waals surface area contributed by atoms with Crippen LogP contribution in [0.25, 0.3) is 11.4 Å². The van der Waals surface area contributed by atoms with Crippen molar-refractivity contribution in [1.29, 1.82) is 0 Å². The Morgan fingerprint density at radius 3 is 2.63 bits per heavy atom. The van der Waals surface area contributed by atoms with E-state index < -0.39 is 10.0 Å². The van der Waals surface area contributed by atoms with Crippen molar-refractivity contribution in [2.24, 2.45) is 0 Å². The molecule has 1 saturated carbocycles. The van der Waals surface area contributed by atoms with Gasteiger partial charge in [-0.15, -0.1) is 11.3 Å². The Labute approximate surface area is 184 Å². The molecular weight excluding hydrogens is 444 g/mol. The molecule has 0 spiro atoms. The number of sulfonamides is 1. The summed E-state index contributed by atoms with van der Waals surface area (Å²) in [6.07, 6.45) is 3.34.